The van der Waals surface area contributed by atoms with Crippen LogP contribution in [0.25, 0.3) is 0 Å². The van der Waals surface area contributed by atoms with Crippen LogP contribution in [0.5, 0.6) is 0 Å². The average Bonchev–Trinajstić information content (AvgIpc) is 2.64. The smallest absolute Gasteiger partial charge is 0.0855 e. The molecule has 0 aromatic heterocycles. The van der Waals surface area contributed by atoms with Crippen LogP contribution >= 0.6 is 0 Å². The standard InChI is InChI=1S/2C13H30N.H2O4S/c2*1-6-7-8-9-10-11-12-13(2)14(3,4)5;1-5(2,3)4/h2*13H,6-12H2,1-5H3;(H2,1,2,3,4)/q2*+1;/p-2. The second kappa shape index (κ2) is 21.1. The molecular formula is C26H60N2O4S. The molecule has 0 N–H and O–H groups in total. The van der Waals surface area contributed by atoms with Gasteiger partial charge in [-0.2, -0.15) is 0 Å². The number of rotatable bonds is 16. The van der Waals surface area contributed by atoms with Crippen molar-refractivity contribution in [2.24, 2.45) is 0 Å². The van der Waals surface area contributed by atoms with Gasteiger partial charge in [-0.15, -0.1) is 0 Å². The summed E-state index contributed by atoms with van der Waals surface area (Å²) >= 11 is 0. The Hall–Kier alpha value is -0.210. The maximum atomic E-state index is 8.52. The Morgan fingerprint density at radius 2 is 0.758 bits per heavy atom. The molecule has 6 nitrogen and oxygen atoms in total. The molecule has 0 heterocycles. The van der Waals surface area contributed by atoms with Crippen molar-refractivity contribution in [2.75, 3.05) is 42.3 Å². The lowest BCUT2D eigenvalue weighted by atomic mass is 10.1. The topological polar surface area (TPSA) is 80.3 Å². The summed E-state index contributed by atoms with van der Waals surface area (Å²) in [6.07, 6.45) is 19.8. The van der Waals surface area contributed by atoms with Gasteiger partial charge in [-0.1, -0.05) is 78.1 Å². The molecule has 0 aliphatic heterocycles. The molecule has 0 aromatic rings. The molecule has 0 saturated carbocycles. The molecule has 7 heteroatoms. The second-order valence-corrected chi connectivity index (χ2v) is 12.3. The van der Waals surface area contributed by atoms with Crippen molar-refractivity contribution in [3.05, 3.63) is 0 Å². The van der Waals surface area contributed by atoms with Crippen molar-refractivity contribution in [3.8, 4) is 0 Å². The number of unbranched alkanes of at least 4 members (excludes halogenated alkanes) is 10. The molecule has 0 bridgehead atoms. The maximum Gasteiger partial charge on any atom is 0.0855 e. The highest BCUT2D eigenvalue weighted by atomic mass is 32.3. The van der Waals surface area contributed by atoms with E-state index in [-0.39, 0.29) is 0 Å². The van der Waals surface area contributed by atoms with E-state index in [9.17, 15) is 0 Å². The Kier molecular flexibility index (Phi) is 23.9. The summed E-state index contributed by atoms with van der Waals surface area (Å²) in [6.45, 7) is 9.29. The molecule has 2 atom stereocenters. The van der Waals surface area contributed by atoms with Crippen LogP contribution in [0.4, 0.5) is 0 Å². The van der Waals surface area contributed by atoms with Crippen LogP contribution in [0.2, 0.25) is 0 Å². The van der Waals surface area contributed by atoms with Crippen molar-refractivity contribution < 1.29 is 26.5 Å². The van der Waals surface area contributed by atoms with Crippen molar-refractivity contribution in [1.82, 2.24) is 0 Å². The Labute approximate surface area is 208 Å². The Morgan fingerprint density at radius 1 is 0.545 bits per heavy atom. The Bertz CT molecular complexity index is 471. The normalized spacial score (nSPS) is 13.9. The van der Waals surface area contributed by atoms with Crippen molar-refractivity contribution >= 4 is 10.4 Å². The third-order valence-electron chi connectivity index (χ3n) is 6.60. The minimum Gasteiger partial charge on any atom is -0.759 e. The Balaban J connectivity index is -0.000000453. The van der Waals surface area contributed by atoms with Gasteiger partial charge in [0.05, 0.1) is 54.4 Å². The summed E-state index contributed by atoms with van der Waals surface area (Å²) < 4.78 is 36.3. The molecule has 0 aliphatic carbocycles. The molecule has 0 aliphatic rings. The monoisotopic (exact) mass is 496 g/mol. The molecule has 33 heavy (non-hydrogen) atoms. The molecule has 0 rings (SSSR count). The third-order valence-corrected chi connectivity index (χ3v) is 6.60. The fourth-order valence-corrected chi connectivity index (χ4v) is 3.21. The molecule has 204 valence electrons. The number of nitrogens with zero attached hydrogens (tertiary/aromatic N) is 2. The lowest BCUT2D eigenvalue weighted by Gasteiger charge is -2.31. The van der Waals surface area contributed by atoms with Crippen LogP contribution in [0, 0.1) is 0 Å². The molecule has 0 fully saturated rings. The van der Waals surface area contributed by atoms with E-state index in [1.165, 1.54) is 89.9 Å². The van der Waals surface area contributed by atoms with Crippen LogP contribution in [0.1, 0.15) is 118 Å². The van der Waals surface area contributed by atoms with E-state index in [0.29, 0.717) is 0 Å². The fourth-order valence-electron chi connectivity index (χ4n) is 3.21. The second-order valence-electron chi connectivity index (χ2n) is 11.5. The first-order chi connectivity index (χ1) is 15.0. The zero-order valence-corrected chi connectivity index (χ0v) is 24.8. The third kappa shape index (κ3) is 36.5. The van der Waals surface area contributed by atoms with E-state index < -0.39 is 10.4 Å². The van der Waals surface area contributed by atoms with E-state index in [1.54, 1.807) is 0 Å². The highest BCUT2D eigenvalue weighted by Gasteiger charge is 2.17. The number of hydrogen-bond donors (Lipinski definition) is 0. The first-order valence-electron chi connectivity index (χ1n) is 13.3. The van der Waals surface area contributed by atoms with Crippen LogP contribution in [-0.2, 0) is 10.4 Å². The minimum absolute atomic E-state index is 0.807. The summed E-state index contributed by atoms with van der Waals surface area (Å²) in [7, 11) is 8.59. The number of quaternary nitrogens is 2. The van der Waals surface area contributed by atoms with Gasteiger partial charge in [-0.3, -0.25) is 8.42 Å². The molecule has 0 radical (unpaired) electrons. The van der Waals surface area contributed by atoms with Gasteiger partial charge in [-0.25, -0.2) is 0 Å². The summed E-state index contributed by atoms with van der Waals surface area (Å²) in [5, 5.41) is 0. The largest absolute Gasteiger partial charge is 0.759 e. The van der Waals surface area contributed by atoms with Gasteiger partial charge >= 0.3 is 0 Å². The van der Waals surface area contributed by atoms with Gasteiger partial charge in [0, 0.05) is 10.4 Å². The lowest BCUT2D eigenvalue weighted by molar-refractivity contribution is -0.894. The zero-order valence-electron chi connectivity index (χ0n) is 24.0. The average molecular weight is 497 g/mol. The van der Waals surface area contributed by atoms with E-state index in [4.69, 9.17) is 17.5 Å². The van der Waals surface area contributed by atoms with Gasteiger partial charge in [0.25, 0.3) is 0 Å². The first-order valence-corrected chi connectivity index (χ1v) is 14.6. The predicted octanol–water partition coefficient (Wildman–Crippen LogP) is 6.33. The highest BCUT2D eigenvalue weighted by molar-refractivity contribution is 7.79. The Morgan fingerprint density at radius 3 is 0.970 bits per heavy atom. The highest BCUT2D eigenvalue weighted by Crippen LogP contribution is 2.14. The van der Waals surface area contributed by atoms with Crippen LogP contribution in [-0.4, -0.2) is 80.9 Å². The molecule has 0 saturated heterocycles. The molecule has 0 aromatic carbocycles. The minimum atomic E-state index is -5.17. The summed E-state index contributed by atoms with van der Waals surface area (Å²) in [5.74, 6) is 0. The van der Waals surface area contributed by atoms with Gasteiger partial charge in [0.2, 0.25) is 0 Å². The van der Waals surface area contributed by atoms with Crippen molar-refractivity contribution in [2.45, 2.75) is 130 Å². The lowest BCUT2D eigenvalue weighted by Crippen LogP contribution is -2.43. The van der Waals surface area contributed by atoms with Crippen molar-refractivity contribution in [1.29, 1.82) is 0 Å². The summed E-state index contributed by atoms with van der Waals surface area (Å²) in [5.41, 5.74) is 0. The molecule has 0 spiro atoms. The molecule has 2 unspecified atom stereocenters. The first kappa shape index (κ1) is 37.3. The van der Waals surface area contributed by atoms with Crippen LogP contribution < -0.4 is 0 Å². The predicted molar refractivity (Wildman–Crippen MR) is 141 cm³/mol. The SMILES string of the molecule is CCCCCCCCC(C)[N+](C)(C)C.CCCCCCCCC(C)[N+](C)(C)C.O=S(=O)([O-])[O-]. The van der Waals surface area contributed by atoms with Gasteiger partial charge in [0.1, 0.15) is 0 Å². The van der Waals surface area contributed by atoms with Crippen LogP contribution in [0.3, 0.4) is 0 Å². The quantitative estimate of drug-likeness (QED) is 0.108. The zero-order chi connectivity index (χ0) is 26.6. The summed E-state index contributed by atoms with van der Waals surface area (Å²) in [6, 6.07) is 1.61. The molecule has 0 amide bonds. The summed E-state index contributed by atoms with van der Waals surface area (Å²) in [4.78, 5) is 0. The van der Waals surface area contributed by atoms with Crippen LogP contribution in [0.15, 0.2) is 0 Å². The van der Waals surface area contributed by atoms with E-state index in [2.05, 4.69) is 70.0 Å². The van der Waals surface area contributed by atoms with Crippen molar-refractivity contribution in [3.63, 3.8) is 0 Å². The van der Waals surface area contributed by atoms with Gasteiger partial charge in [0.15, 0.2) is 0 Å². The fraction of sp³-hybridized carbons (Fsp3) is 1.00. The van der Waals surface area contributed by atoms with E-state index in [0.717, 1.165) is 21.0 Å². The van der Waals surface area contributed by atoms with E-state index in [1.807, 2.05) is 0 Å². The van der Waals surface area contributed by atoms with E-state index >= 15 is 0 Å². The number of hydrogen-bond acceptors (Lipinski definition) is 4. The van der Waals surface area contributed by atoms with Gasteiger partial charge in [-0.05, 0) is 39.5 Å². The molecular weight excluding hydrogens is 436 g/mol. The maximum absolute atomic E-state index is 8.52. The van der Waals surface area contributed by atoms with Gasteiger partial charge < -0.3 is 18.1 Å².